The summed E-state index contributed by atoms with van der Waals surface area (Å²) in [7, 11) is 1.57. The van der Waals surface area contributed by atoms with Gasteiger partial charge in [-0.2, -0.15) is 0 Å². The van der Waals surface area contributed by atoms with Crippen LogP contribution in [0.25, 0.3) is 22.0 Å². The lowest BCUT2D eigenvalue weighted by Gasteiger charge is -2.20. The van der Waals surface area contributed by atoms with Crippen molar-refractivity contribution in [3.05, 3.63) is 77.1 Å². The number of nitrogens with one attached hydrogen (secondary N) is 1. The third-order valence-corrected chi connectivity index (χ3v) is 5.73. The second kappa shape index (κ2) is 7.59. The first-order chi connectivity index (χ1) is 15.0. The first-order valence-electron chi connectivity index (χ1n) is 9.74. The summed E-state index contributed by atoms with van der Waals surface area (Å²) >= 11 is 6.04. The number of aromatic nitrogens is 3. The third kappa shape index (κ3) is 3.37. The molecule has 0 atom stereocenters. The van der Waals surface area contributed by atoms with Crippen LogP contribution in [0.15, 0.2) is 55.0 Å². The number of hydrogen-bond donors (Lipinski definition) is 1. The molecule has 31 heavy (non-hydrogen) atoms. The molecular weight excluding hydrogens is 417 g/mol. The van der Waals surface area contributed by atoms with E-state index in [-0.39, 0.29) is 10.9 Å². The summed E-state index contributed by atoms with van der Waals surface area (Å²) < 4.78 is 13.9. The normalized spacial score (nSPS) is 12.8. The molecular formula is C23H17ClFN5O. The average Bonchev–Trinajstić information content (AvgIpc) is 3.20. The summed E-state index contributed by atoms with van der Waals surface area (Å²) in [5.41, 5.74) is 4.71. The predicted molar refractivity (Wildman–Crippen MR) is 118 cm³/mol. The van der Waals surface area contributed by atoms with Gasteiger partial charge in [0.2, 0.25) is 0 Å². The highest BCUT2D eigenvalue weighted by molar-refractivity contribution is 6.31. The number of amides is 1. The molecule has 1 aliphatic rings. The van der Waals surface area contributed by atoms with Crippen molar-refractivity contribution in [1.82, 2.24) is 20.3 Å². The molecule has 0 saturated carbocycles. The van der Waals surface area contributed by atoms with Crippen molar-refractivity contribution >= 4 is 39.9 Å². The molecule has 1 amide bonds. The van der Waals surface area contributed by atoms with Crippen LogP contribution in [0.1, 0.15) is 16.1 Å². The Morgan fingerprint density at radius 2 is 1.94 bits per heavy atom. The smallest absolute Gasteiger partial charge is 0.269 e. The van der Waals surface area contributed by atoms with Gasteiger partial charge in [0.25, 0.3) is 5.91 Å². The molecule has 154 valence electrons. The van der Waals surface area contributed by atoms with Crippen LogP contribution in [-0.4, -0.2) is 34.5 Å². The molecule has 0 radical (unpaired) electrons. The number of halogens is 2. The minimum Gasteiger partial charge on any atom is -0.354 e. The molecule has 2 aromatic heterocycles. The minimum absolute atomic E-state index is 0.0898. The summed E-state index contributed by atoms with van der Waals surface area (Å²) in [6.45, 7) is 0.674. The van der Waals surface area contributed by atoms with Crippen LogP contribution >= 0.6 is 11.6 Å². The molecule has 0 unspecified atom stereocenters. The first-order valence-corrected chi connectivity index (χ1v) is 10.1. The van der Waals surface area contributed by atoms with E-state index in [9.17, 15) is 9.18 Å². The van der Waals surface area contributed by atoms with Crippen LogP contribution in [0.5, 0.6) is 0 Å². The van der Waals surface area contributed by atoms with Crippen molar-refractivity contribution in [2.24, 2.45) is 0 Å². The van der Waals surface area contributed by atoms with Gasteiger partial charge in [0.15, 0.2) is 0 Å². The van der Waals surface area contributed by atoms with Crippen LogP contribution in [-0.2, 0) is 6.42 Å². The Labute approximate surface area is 182 Å². The molecule has 0 aliphatic carbocycles. The number of carbonyl (C=O) groups excluding carboxylic acids is 1. The monoisotopic (exact) mass is 433 g/mol. The van der Waals surface area contributed by atoms with E-state index in [0.717, 1.165) is 39.1 Å². The Balaban J connectivity index is 1.59. The molecule has 1 N–H and O–H groups in total. The lowest BCUT2D eigenvalue weighted by molar-refractivity contribution is 0.0958. The fourth-order valence-electron chi connectivity index (χ4n) is 3.87. The maximum Gasteiger partial charge on any atom is 0.269 e. The molecule has 3 heterocycles. The van der Waals surface area contributed by atoms with Crippen molar-refractivity contribution in [2.75, 3.05) is 18.5 Å². The van der Waals surface area contributed by atoms with Gasteiger partial charge in [0.1, 0.15) is 23.7 Å². The highest BCUT2D eigenvalue weighted by atomic mass is 35.5. The van der Waals surface area contributed by atoms with Gasteiger partial charge < -0.3 is 10.2 Å². The van der Waals surface area contributed by atoms with Gasteiger partial charge >= 0.3 is 0 Å². The van der Waals surface area contributed by atoms with Gasteiger partial charge in [-0.15, -0.1) is 0 Å². The summed E-state index contributed by atoms with van der Waals surface area (Å²) in [6.07, 6.45) is 3.91. The Hall–Kier alpha value is -3.58. The molecule has 0 fully saturated rings. The van der Waals surface area contributed by atoms with Crippen LogP contribution in [0.4, 0.5) is 15.9 Å². The van der Waals surface area contributed by atoms with Gasteiger partial charge in [-0.3, -0.25) is 9.78 Å². The number of rotatable bonds is 3. The largest absolute Gasteiger partial charge is 0.354 e. The fraction of sp³-hybridized carbons (Fsp3) is 0.130. The molecule has 0 spiro atoms. The zero-order valence-corrected chi connectivity index (χ0v) is 17.3. The highest BCUT2D eigenvalue weighted by Crippen LogP contribution is 2.39. The number of pyridine rings is 1. The Bertz CT molecular complexity index is 1330. The highest BCUT2D eigenvalue weighted by Gasteiger charge is 2.25. The molecule has 4 aromatic rings. The molecule has 8 heteroatoms. The van der Waals surface area contributed by atoms with E-state index in [1.54, 1.807) is 25.4 Å². The van der Waals surface area contributed by atoms with E-state index in [2.05, 4.69) is 20.3 Å². The van der Waals surface area contributed by atoms with Crippen molar-refractivity contribution in [1.29, 1.82) is 0 Å². The quantitative estimate of drug-likeness (QED) is 0.513. The minimum atomic E-state index is -0.412. The number of carbonyl (C=O) groups is 1. The third-order valence-electron chi connectivity index (χ3n) is 5.44. The zero-order chi connectivity index (χ0) is 21.5. The number of benzene rings is 2. The second-order valence-corrected chi connectivity index (χ2v) is 7.64. The van der Waals surface area contributed by atoms with E-state index in [4.69, 9.17) is 11.6 Å². The van der Waals surface area contributed by atoms with Gasteiger partial charge in [-0.1, -0.05) is 23.7 Å². The fourth-order valence-corrected chi connectivity index (χ4v) is 4.02. The first kappa shape index (κ1) is 19.4. The summed E-state index contributed by atoms with van der Waals surface area (Å²) in [5, 5.41) is 3.52. The van der Waals surface area contributed by atoms with E-state index < -0.39 is 5.82 Å². The average molecular weight is 434 g/mol. The SMILES string of the molecule is CNC(=O)c1ccc(-c2ccc3ncnc(N4CCc5cc(F)c(Cl)cc54)c3c2)cn1. The van der Waals surface area contributed by atoms with Crippen LogP contribution in [0.2, 0.25) is 5.02 Å². The molecule has 2 aromatic carbocycles. The molecule has 1 aliphatic heterocycles. The number of fused-ring (bicyclic) bond motifs is 2. The molecule has 6 nitrogen and oxygen atoms in total. The summed E-state index contributed by atoms with van der Waals surface area (Å²) in [4.78, 5) is 27.0. The van der Waals surface area contributed by atoms with Crippen LogP contribution < -0.4 is 10.2 Å². The molecule has 5 rings (SSSR count). The van der Waals surface area contributed by atoms with E-state index in [1.165, 1.54) is 12.4 Å². The van der Waals surface area contributed by atoms with Gasteiger partial charge in [0.05, 0.1) is 10.5 Å². The zero-order valence-electron chi connectivity index (χ0n) is 16.6. The Morgan fingerprint density at radius 1 is 1.10 bits per heavy atom. The number of hydrogen-bond acceptors (Lipinski definition) is 5. The van der Waals surface area contributed by atoms with Crippen LogP contribution in [0.3, 0.4) is 0 Å². The van der Waals surface area contributed by atoms with Crippen molar-refractivity contribution < 1.29 is 9.18 Å². The standard InChI is InChI=1S/C23H17ClFN5O/c1-26-23(31)20-5-3-15(11-27-20)13-2-4-19-16(8-13)22(29-12-28-19)30-7-6-14-9-18(25)17(24)10-21(14)30/h2-5,8-12H,6-7H2,1H3,(H,26,31). The molecule has 0 bridgehead atoms. The van der Waals surface area contributed by atoms with Gasteiger partial charge in [-0.25, -0.2) is 14.4 Å². The van der Waals surface area contributed by atoms with E-state index in [1.807, 2.05) is 29.2 Å². The van der Waals surface area contributed by atoms with Gasteiger partial charge in [0, 0.05) is 36.4 Å². The van der Waals surface area contributed by atoms with E-state index >= 15 is 0 Å². The summed E-state index contributed by atoms with van der Waals surface area (Å²) in [5.74, 6) is 0.0940. The molecule has 0 saturated heterocycles. The van der Waals surface area contributed by atoms with Gasteiger partial charge in [-0.05, 0) is 47.9 Å². The van der Waals surface area contributed by atoms with E-state index in [0.29, 0.717) is 18.7 Å². The van der Waals surface area contributed by atoms with Crippen molar-refractivity contribution in [3.63, 3.8) is 0 Å². The van der Waals surface area contributed by atoms with Crippen molar-refractivity contribution in [2.45, 2.75) is 6.42 Å². The van der Waals surface area contributed by atoms with Crippen LogP contribution in [0, 0.1) is 5.82 Å². The Kier molecular flexibility index (Phi) is 4.75. The lowest BCUT2D eigenvalue weighted by Crippen LogP contribution is -2.18. The predicted octanol–water partition coefficient (Wildman–Crippen LogP) is 4.54. The summed E-state index contributed by atoms with van der Waals surface area (Å²) in [6, 6.07) is 12.6. The Morgan fingerprint density at radius 3 is 2.71 bits per heavy atom. The lowest BCUT2D eigenvalue weighted by atomic mass is 10.0. The second-order valence-electron chi connectivity index (χ2n) is 7.24. The number of nitrogens with zero attached hydrogens (tertiary/aromatic N) is 4. The number of anilines is 2. The maximum atomic E-state index is 13.9. The van der Waals surface area contributed by atoms with Crippen molar-refractivity contribution in [3.8, 4) is 11.1 Å². The maximum absolute atomic E-state index is 13.9. The topological polar surface area (TPSA) is 71.0 Å².